The van der Waals surface area contributed by atoms with Gasteiger partial charge in [0.2, 0.25) is 0 Å². The summed E-state index contributed by atoms with van der Waals surface area (Å²) in [5.41, 5.74) is 2.66. The molecule has 1 N–H and O–H groups in total. The average molecular weight is 337 g/mol. The Bertz CT molecular complexity index is 607. The SMILES string of the molecule is O=C(O)[C@H]1CC[C@H](CN(Cc2ccccc2)Cc2ccccc2)CC1. The molecule has 2 aromatic carbocycles. The van der Waals surface area contributed by atoms with Crippen molar-refractivity contribution >= 4 is 5.97 Å². The van der Waals surface area contributed by atoms with Crippen LogP contribution in [0.3, 0.4) is 0 Å². The van der Waals surface area contributed by atoms with Gasteiger partial charge in [-0.3, -0.25) is 9.69 Å². The van der Waals surface area contributed by atoms with Crippen molar-refractivity contribution in [2.24, 2.45) is 11.8 Å². The Morgan fingerprint density at radius 1 is 0.840 bits per heavy atom. The number of benzene rings is 2. The summed E-state index contributed by atoms with van der Waals surface area (Å²) in [5, 5.41) is 9.19. The molecule has 0 unspecified atom stereocenters. The lowest BCUT2D eigenvalue weighted by atomic mass is 9.82. The van der Waals surface area contributed by atoms with E-state index in [0.717, 1.165) is 45.3 Å². The van der Waals surface area contributed by atoms with E-state index in [4.69, 9.17) is 0 Å². The summed E-state index contributed by atoms with van der Waals surface area (Å²) >= 11 is 0. The lowest BCUT2D eigenvalue weighted by molar-refractivity contribution is -0.143. The number of nitrogens with zero attached hydrogens (tertiary/aromatic N) is 1. The van der Waals surface area contributed by atoms with Crippen molar-refractivity contribution in [1.82, 2.24) is 4.90 Å². The molecule has 0 radical (unpaired) electrons. The summed E-state index contributed by atoms with van der Waals surface area (Å²) in [6.07, 6.45) is 3.70. The fraction of sp³-hybridized carbons (Fsp3) is 0.409. The van der Waals surface area contributed by atoms with E-state index >= 15 is 0 Å². The molecule has 1 aliphatic carbocycles. The number of rotatable bonds is 7. The van der Waals surface area contributed by atoms with Crippen LogP contribution in [0.1, 0.15) is 36.8 Å². The number of aliphatic carboxylic acids is 1. The van der Waals surface area contributed by atoms with Crippen LogP contribution < -0.4 is 0 Å². The Balaban J connectivity index is 1.63. The summed E-state index contributed by atoms with van der Waals surface area (Å²) < 4.78 is 0. The summed E-state index contributed by atoms with van der Waals surface area (Å²) in [6, 6.07) is 21.2. The Kier molecular flexibility index (Phi) is 6.24. The van der Waals surface area contributed by atoms with E-state index in [1.165, 1.54) is 11.1 Å². The molecule has 3 nitrogen and oxygen atoms in total. The molecule has 0 aromatic heterocycles. The second-order valence-electron chi connectivity index (χ2n) is 7.20. The Labute approximate surface area is 150 Å². The Hall–Kier alpha value is -2.13. The second-order valence-corrected chi connectivity index (χ2v) is 7.20. The molecule has 0 bridgehead atoms. The van der Waals surface area contributed by atoms with Crippen molar-refractivity contribution in [3.63, 3.8) is 0 Å². The molecule has 0 heterocycles. The third-order valence-corrected chi connectivity index (χ3v) is 5.21. The van der Waals surface area contributed by atoms with Gasteiger partial charge < -0.3 is 5.11 Å². The van der Waals surface area contributed by atoms with Gasteiger partial charge in [-0.15, -0.1) is 0 Å². The summed E-state index contributed by atoms with van der Waals surface area (Å²) in [6.45, 7) is 2.92. The van der Waals surface area contributed by atoms with Gasteiger partial charge in [0, 0.05) is 19.6 Å². The van der Waals surface area contributed by atoms with Gasteiger partial charge in [0.15, 0.2) is 0 Å². The molecule has 132 valence electrons. The van der Waals surface area contributed by atoms with Gasteiger partial charge in [0.25, 0.3) is 0 Å². The van der Waals surface area contributed by atoms with Gasteiger partial charge in [-0.25, -0.2) is 0 Å². The van der Waals surface area contributed by atoms with E-state index < -0.39 is 5.97 Å². The molecule has 3 heteroatoms. The highest BCUT2D eigenvalue weighted by Crippen LogP contribution is 2.30. The normalized spacial score (nSPS) is 20.5. The van der Waals surface area contributed by atoms with Crippen molar-refractivity contribution in [2.45, 2.75) is 38.8 Å². The molecule has 1 fully saturated rings. The van der Waals surface area contributed by atoms with Gasteiger partial charge in [0.05, 0.1) is 5.92 Å². The predicted octanol–water partition coefficient (Wildman–Crippen LogP) is 4.58. The number of carbonyl (C=O) groups is 1. The van der Waals surface area contributed by atoms with Crippen LogP contribution in [-0.2, 0) is 17.9 Å². The van der Waals surface area contributed by atoms with Crippen LogP contribution in [0.4, 0.5) is 0 Å². The third-order valence-electron chi connectivity index (χ3n) is 5.21. The first-order valence-electron chi connectivity index (χ1n) is 9.23. The topological polar surface area (TPSA) is 40.5 Å². The highest BCUT2D eigenvalue weighted by molar-refractivity contribution is 5.69. The van der Waals surface area contributed by atoms with Crippen LogP contribution in [0.2, 0.25) is 0 Å². The van der Waals surface area contributed by atoms with Gasteiger partial charge in [0.1, 0.15) is 0 Å². The van der Waals surface area contributed by atoms with Crippen LogP contribution in [0.25, 0.3) is 0 Å². The summed E-state index contributed by atoms with van der Waals surface area (Å²) in [5.74, 6) is -0.153. The average Bonchev–Trinajstić information content (AvgIpc) is 2.64. The zero-order chi connectivity index (χ0) is 17.5. The van der Waals surface area contributed by atoms with E-state index in [0.29, 0.717) is 5.92 Å². The van der Waals surface area contributed by atoms with Crippen LogP contribution in [0.15, 0.2) is 60.7 Å². The predicted molar refractivity (Wildman–Crippen MR) is 100 cm³/mol. The molecule has 0 spiro atoms. The molecule has 0 amide bonds. The minimum atomic E-state index is -0.621. The van der Waals surface area contributed by atoms with Crippen molar-refractivity contribution in [3.05, 3.63) is 71.8 Å². The first-order chi connectivity index (χ1) is 12.2. The lowest BCUT2D eigenvalue weighted by Crippen LogP contribution is -2.32. The summed E-state index contributed by atoms with van der Waals surface area (Å²) in [4.78, 5) is 13.7. The standard InChI is InChI=1S/C22H27NO2/c24-22(25)21-13-11-20(12-14-21)17-23(15-18-7-3-1-4-8-18)16-19-9-5-2-6-10-19/h1-10,20-21H,11-17H2,(H,24,25)/t20-,21-. The van der Waals surface area contributed by atoms with Gasteiger partial charge in [-0.1, -0.05) is 60.7 Å². The Morgan fingerprint density at radius 2 is 1.32 bits per heavy atom. The minimum absolute atomic E-state index is 0.132. The molecule has 1 aliphatic rings. The van der Waals surface area contributed by atoms with Crippen LogP contribution in [0, 0.1) is 11.8 Å². The van der Waals surface area contributed by atoms with Crippen LogP contribution in [-0.4, -0.2) is 22.5 Å². The fourth-order valence-corrected chi connectivity index (χ4v) is 3.83. The van der Waals surface area contributed by atoms with E-state index in [1.807, 2.05) is 0 Å². The first kappa shape index (κ1) is 17.7. The van der Waals surface area contributed by atoms with Crippen molar-refractivity contribution in [2.75, 3.05) is 6.54 Å². The van der Waals surface area contributed by atoms with Gasteiger partial charge >= 0.3 is 5.97 Å². The van der Waals surface area contributed by atoms with Gasteiger partial charge in [-0.2, -0.15) is 0 Å². The van der Waals surface area contributed by atoms with Crippen molar-refractivity contribution in [1.29, 1.82) is 0 Å². The maximum absolute atomic E-state index is 11.2. The fourth-order valence-electron chi connectivity index (χ4n) is 3.83. The molecule has 0 saturated heterocycles. The maximum atomic E-state index is 11.2. The quantitative estimate of drug-likeness (QED) is 0.804. The summed E-state index contributed by atoms with van der Waals surface area (Å²) in [7, 11) is 0. The molecule has 2 aromatic rings. The van der Waals surface area contributed by atoms with Crippen molar-refractivity contribution < 1.29 is 9.90 Å². The first-order valence-corrected chi connectivity index (χ1v) is 9.23. The van der Waals surface area contributed by atoms with Crippen LogP contribution in [0.5, 0.6) is 0 Å². The van der Waals surface area contributed by atoms with E-state index in [2.05, 4.69) is 65.6 Å². The molecule has 25 heavy (non-hydrogen) atoms. The molecule has 3 rings (SSSR count). The van der Waals surface area contributed by atoms with E-state index in [1.54, 1.807) is 0 Å². The lowest BCUT2D eigenvalue weighted by Gasteiger charge is -2.31. The second kappa shape index (κ2) is 8.82. The minimum Gasteiger partial charge on any atom is -0.481 e. The van der Waals surface area contributed by atoms with E-state index in [9.17, 15) is 9.90 Å². The highest BCUT2D eigenvalue weighted by Gasteiger charge is 2.27. The van der Waals surface area contributed by atoms with E-state index in [-0.39, 0.29) is 5.92 Å². The monoisotopic (exact) mass is 337 g/mol. The largest absolute Gasteiger partial charge is 0.481 e. The molecular weight excluding hydrogens is 310 g/mol. The molecular formula is C22H27NO2. The van der Waals surface area contributed by atoms with Crippen molar-refractivity contribution in [3.8, 4) is 0 Å². The molecule has 0 aliphatic heterocycles. The zero-order valence-corrected chi connectivity index (χ0v) is 14.7. The Morgan fingerprint density at radius 3 is 1.76 bits per heavy atom. The number of carboxylic acid groups (broad SMARTS) is 1. The number of hydrogen-bond acceptors (Lipinski definition) is 2. The smallest absolute Gasteiger partial charge is 0.306 e. The van der Waals surface area contributed by atoms with Gasteiger partial charge in [-0.05, 0) is 42.7 Å². The maximum Gasteiger partial charge on any atom is 0.306 e. The van der Waals surface area contributed by atoms with Crippen LogP contribution >= 0.6 is 0 Å². The molecule has 0 atom stereocenters. The third kappa shape index (κ3) is 5.43. The zero-order valence-electron chi connectivity index (χ0n) is 14.7. The molecule has 1 saturated carbocycles. The highest BCUT2D eigenvalue weighted by atomic mass is 16.4. The number of carboxylic acids is 1. The number of hydrogen-bond donors (Lipinski definition) is 1.